The summed E-state index contributed by atoms with van der Waals surface area (Å²) in [4.78, 5) is 16.0. The molecule has 25 heavy (non-hydrogen) atoms. The van der Waals surface area contributed by atoms with Crippen molar-refractivity contribution in [1.82, 2.24) is 4.98 Å². The first-order chi connectivity index (χ1) is 11.4. The van der Waals surface area contributed by atoms with E-state index in [9.17, 15) is 18.0 Å². The van der Waals surface area contributed by atoms with E-state index in [4.69, 9.17) is 4.74 Å². The molecule has 0 bridgehead atoms. The van der Waals surface area contributed by atoms with Crippen LogP contribution in [0.2, 0.25) is 0 Å². The zero-order valence-electron chi connectivity index (χ0n) is 14.2. The number of rotatable bonds is 3. The largest absolute Gasteiger partial charge is 0.462 e. The van der Waals surface area contributed by atoms with E-state index >= 15 is 0 Å². The number of hydrogen-bond donors (Lipinski definition) is 1. The minimum atomic E-state index is -4.79. The number of carbonyl (C=O) groups excluding carboxylic acids is 1. The number of halogens is 4. The number of benzene rings is 1. The van der Waals surface area contributed by atoms with Gasteiger partial charge in [0.2, 0.25) is 0 Å². The van der Waals surface area contributed by atoms with Crippen LogP contribution in [-0.4, -0.2) is 23.1 Å². The average molecular weight is 419 g/mol. The summed E-state index contributed by atoms with van der Waals surface area (Å²) in [6.45, 7) is 6.87. The lowest BCUT2D eigenvalue weighted by Crippen LogP contribution is -2.29. The van der Waals surface area contributed by atoms with E-state index in [2.05, 4.69) is 26.2 Å². The van der Waals surface area contributed by atoms with E-state index in [1.54, 1.807) is 32.9 Å². The van der Waals surface area contributed by atoms with Gasteiger partial charge in [0.05, 0.1) is 17.8 Å². The second-order valence-electron chi connectivity index (χ2n) is 6.47. The fraction of sp³-hybridized carbons (Fsp3) is 0.412. The van der Waals surface area contributed by atoms with E-state index in [0.29, 0.717) is 9.86 Å². The lowest BCUT2D eigenvalue weighted by Gasteiger charge is -2.26. The lowest BCUT2D eigenvalue weighted by molar-refractivity contribution is -0.141. The normalized spacial score (nSPS) is 12.3. The van der Waals surface area contributed by atoms with Crippen molar-refractivity contribution < 1.29 is 22.7 Å². The van der Waals surface area contributed by atoms with Crippen molar-refractivity contribution in [2.75, 3.05) is 11.9 Å². The van der Waals surface area contributed by atoms with Crippen molar-refractivity contribution in [3.05, 3.63) is 33.9 Å². The molecule has 0 radical (unpaired) electrons. The van der Waals surface area contributed by atoms with Crippen LogP contribution in [0.1, 0.15) is 43.7 Å². The van der Waals surface area contributed by atoms with Crippen LogP contribution >= 0.6 is 15.9 Å². The minimum absolute atomic E-state index is 0.0401. The number of ether oxygens (including phenoxy) is 1. The molecule has 4 nitrogen and oxygen atoms in total. The Morgan fingerprint density at radius 3 is 2.44 bits per heavy atom. The number of esters is 1. The van der Waals surface area contributed by atoms with Gasteiger partial charge >= 0.3 is 12.1 Å². The number of aromatic nitrogens is 1. The van der Waals surface area contributed by atoms with Gasteiger partial charge < -0.3 is 10.1 Å². The van der Waals surface area contributed by atoms with E-state index in [1.807, 2.05) is 0 Å². The van der Waals surface area contributed by atoms with Crippen molar-refractivity contribution >= 4 is 38.5 Å². The van der Waals surface area contributed by atoms with Crippen molar-refractivity contribution in [3.8, 4) is 0 Å². The minimum Gasteiger partial charge on any atom is -0.462 e. The second-order valence-corrected chi connectivity index (χ2v) is 7.38. The molecular formula is C17H18BrF3N2O2. The first-order valence-electron chi connectivity index (χ1n) is 7.60. The summed E-state index contributed by atoms with van der Waals surface area (Å²) >= 11 is 3.30. The molecule has 0 saturated heterocycles. The number of fused-ring (bicyclic) bond motifs is 1. The van der Waals surface area contributed by atoms with Crippen molar-refractivity contribution in [2.45, 2.75) is 39.4 Å². The Bertz CT molecular complexity index is 814. The van der Waals surface area contributed by atoms with Gasteiger partial charge in [-0.2, -0.15) is 13.2 Å². The molecule has 136 valence electrons. The van der Waals surface area contributed by atoms with Crippen LogP contribution in [0.4, 0.5) is 18.9 Å². The zero-order valence-corrected chi connectivity index (χ0v) is 15.8. The number of pyridine rings is 1. The van der Waals surface area contributed by atoms with Gasteiger partial charge in [-0.15, -0.1) is 0 Å². The number of anilines is 1. The van der Waals surface area contributed by atoms with Gasteiger partial charge in [-0.1, -0.05) is 15.9 Å². The Kier molecular flexibility index (Phi) is 5.32. The SMILES string of the molecule is CCOC(=O)c1c(C(F)(F)F)nc2ccc(Br)cc2c1NC(C)(C)C. The topological polar surface area (TPSA) is 51.2 Å². The molecule has 0 fully saturated rings. The van der Waals surface area contributed by atoms with Gasteiger partial charge in [0, 0.05) is 15.4 Å². The monoisotopic (exact) mass is 418 g/mol. The average Bonchev–Trinajstić information content (AvgIpc) is 2.45. The third-order valence-corrected chi connectivity index (χ3v) is 3.69. The second kappa shape index (κ2) is 6.82. The van der Waals surface area contributed by atoms with Gasteiger partial charge in [0.15, 0.2) is 5.69 Å². The maximum Gasteiger partial charge on any atom is 0.434 e. The molecule has 1 aromatic carbocycles. The summed E-state index contributed by atoms with van der Waals surface area (Å²) in [5, 5.41) is 3.41. The van der Waals surface area contributed by atoms with Gasteiger partial charge in [0.1, 0.15) is 5.56 Å². The first-order valence-corrected chi connectivity index (χ1v) is 8.39. The van der Waals surface area contributed by atoms with Crippen molar-refractivity contribution in [3.63, 3.8) is 0 Å². The molecular weight excluding hydrogens is 401 g/mol. The molecule has 2 rings (SSSR count). The predicted molar refractivity (Wildman–Crippen MR) is 93.8 cm³/mol. The van der Waals surface area contributed by atoms with E-state index < -0.39 is 28.9 Å². The van der Waals surface area contributed by atoms with Crippen LogP contribution < -0.4 is 5.32 Å². The smallest absolute Gasteiger partial charge is 0.434 e. The third kappa shape index (κ3) is 4.42. The molecule has 0 aliphatic rings. The van der Waals surface area contributed by atoms with Crippen LogP contribution in [0, 0.1) is 0 Å². The fourth-order valence-electron chi connectivity index (χ4n) is 2.35. The summed E-state index contributed by atoms with van der Waals surface area (Å²) in [6, 6.07) is 4.69. The Labute approximate surface area is 151 Å². The standard InChI is InChI=1S/C17H18BrF3N2O2/c1-5-25-15(24)12-13(23-16(2,3)4)10-8-9(18)6-7-11(10)22-14(12)17(19,20)21/h6-8H,5H2,1-4H3,(H,22,23). The number of alkyl halides is 3. The van der Waals surface area contributed by atoms with E-state index in [-0.39, 0.29) is 17.8 Å². The summed E-state index contributed by atoms with van der Waals surface area (Å²) in [5.74, 6) is -1.06. The van der Waals surface area contributed by atoms with Crippen LogP contribution in [0.15, 0.2) is 22.7 Å². The van der Waals surface area contributed by atoms with Crippen LogP contribution in [0.5, 0.6) is 0 Å². The fourth-order valence-corrected chi connectivity index (χ4v) is 2.71. The molecule has 0 aliphatic carbocycles. The summed E-state index contributed by atoms with van der Waals surface area (Å²) in [5.41, 5.74) is -2.25. The van der Waals surface area contributed by atoms with Crippen LogP contribution in [0.3, 0.4) is 0 Å². The number of hydrogen-bond acceptors (Lipinski definition) is 4. The molecule has 0 atom stereocenters. The summed E-state index contributed by atoms with van der Waals surface area (Å²) < 4.78 is 46.2. The number of nitrogens with zero attached hydrogens (tertiary/aromatic N) is 1. The Balaban J connectivity index is 2.93. The molecule has 1 N–H and O–H groups in total. The molecule has 1 heterocycles. The van der Waals surface area contributed by atoms with Gasteiger partial charge in [0.25, 0.3) is 0 Å². The number of nitrogens with one attached hydrogen (secondary N) is 1. The van der Waals surface area contributed by atoms with Gasteiger partial charge in [-0.25, -0.2) is 9.78 Å². The van der Waals surface area contributed by atoms with Crippen LogP contribution in [-0.2, 0) is 10.9 Å². The highest BCUT2D eigenvalue weighted by Crippen LogP contribution is 2.39. The molecule has 8 heteroatoms. The Morgan fingerprint density at radius 1 is 1.28 bits per heavy atom. The van der Waals surface area contributed by atoms with Crippen LogP contribution in [0.25, 0.3) is 10.9 Å². The lowest BCUT2D eigenvalue weighted by atomic mass is 10.0. The molecule has 0 amide bonds. The highest BCUT2D eigenvalue weighted by atomic mass is 79.9. The number of carbonyl (C=O) groups is 1. The maximum atomic E-state index is 13.6. The summed E-state index contributed by atoms with van der Waals surface area (Å²) in [6.07, 6.45) is -4.79. The Morgan fingerprint density at radius 2 is 1.92 bits per heavy atom. The quantitative estimate of drug-likeness (QED) is 0.677. The first kappa shape index (κ1) is 19.5. The van der Waals surface area contributed by atoms with Crippen molar-refractivity contribution in [1.29, 1.82) is 0 Å². The van der Waals surface area contributed by atoms with E-state index in [1.165, 1.54) is 13.0 Å². The molecule has 0 aliphatic heterocycles. The predicted octanol–water partition coefficient (Wildman–Crippen LogP) is 5.40. The zero-order chi connectivity index (χ0) is 19.0. The highest BCUT2D eigenvalue weighted by molar-refractivity contribution is 9.10. The van der Waals surface area contributed by atoms with Gasteiger partial charge in [-0.05, 0) is 45.9 Å². The van der Waals surface area contributed by atoms with E-state index in [0.717, 1.165) is 0 Å². The van der Waals surface area contributed by atoms with Crippen molar-refractivity contribution in [2.24, 2.45) is 0 Å². The third-order valence-electron chi connectivity index (χ3n) is 3.20. The molecule has 2 aromatic rings. The molecule has 0 unspecified atom stereocenters. The molecule has 1 aromatic heterocycles. The molecule has 0 saturated carbocycles. The summed E-state index contributed by atoms with van der Waals surface area (Å²) in [7, 11) is 0. The highest BCUT2D eigenvalue weighted by Gasteiger charge is 2.40. The molecule has 0 spiro atoms. The Hall–Kier alpha value is -1.83. The maximum absolute atomic E-state index is 13.6. The van der Waals surface area contributed by atoms with Gasteiger partial charge in [-0.3, -0.25) is 0 Å².